The van der Waals surface area contributed by atoms with E-state index in [-0.39, 0.29) is 24.5 Å². The largest absolute Gasteiger partial charge is 0.493 e. The summed E-state index contributed by atoms with van der Waals surface area (Å²) in [5.74, 6) is 0.657. The maximum absolute atomic E-state index is 13.3. The Morgan fingerprint density at radius 1 is 1.00 bits per heavy atom. The van der Waals surface area contributed by atoms with Crippen LogP contribution in [-0.4, -0.2) is 42.5 Å². The van der Waals surface area contributed by atoms with E-state index in [0.717, 1.165) is 17.5 Å². The van der Waals surface area contributed by atoms with Gasteiger partial charge in [0.05, 0.1) is 7.11 Å². The van der Waals surface area contributed by atoms with Crippen molar-refractivity contribution in [1.29, 1.82) is 0 Å². The van der Waals surface area contributed by atoms with Gasteiger partial charge in [-0.3, -0.25) is 9.59 Å². The Hall–Kier alpha value is -3.02. The molecule has 0 fully saturated rings. The predicted molar refractivity (Wildman–Crippen MR) is 122 cm³/mol. The molecule has 31 heavy (non-hydrogen) atoms. The molecule has 168 valence electrons. The molecule has 0 aromatic heterocycles. The van der Waals surface area contributed by atoms with Gasteiger partial charge in [0.2, 0.25) is 5.91 Å². The molecular weight excluding hydrogens is 392 g/mol. The van der Waals surface area contributed by atoms with Crippen molar-refractivity contribution in [3.63, 3.8) is 0 Å². The molecule has 0 spiro atoms. The van der Waals surface area contributed by atoms with Crippen molar-refractivity contribution >= 4 is 11.8 Å². The van der Waals surface area contributed by atoms with E-state index in [9.17, 15) is 9.59 Å². The third-order valence-electron chi connectivity index (χ3n) is 5.41. The van der Waals surface area contributed by atoms with Crippen molar-refractivity contribution in [2.75, 3.05) is 13.7 Å². The summed E-state index contributed by atoms with van der Waals surface area (Å²) in [5, 5.41) is 3.01. The first-order valence-electron chi connectivity index (χ1n) is 10.8. The molecule has 2 rings (SSSR count). The lowest BCUT2D eigenvalue weighted by molar-refractivity contribution is -0.143. The highest BCUT2D eigenvalue weighted by atomic mass is 16.5. The fourth-order valence-corrected chi connectivity index (χ4v) is 3.29. The van der Waals surface area contributed by atoms with Crippen molar-refractivity contribution in [2.24, 2.45) is 0 Å². The minimum Gasteiger partial charge on any atom is -0.493 e. The maximum Gasteiger partial charge on any atom is 0.261 e. The maximum atomic E-state index is 13.3. The Kier molecular flexibility index (Phi) is 9.38. The van der Waals surface area contributed by atoms with Crippen molar-refractivity contribution < 1.29 is 19.1 Å². The topological polar surface area (TPSA) is 67.9 Å². The number of para-hydroxylation sites is 2. The van der Waals surface area contributed by atoms with Gasteiger partial charge in [0.25, 0.3) is 5.91 Å². The van der Waals surface area contributed by atoms with Gasteiger partial charge in [0.15, 0.2) is 18.1 Å². The summed E-state index contributed by atoms with van der Waals surface area (Å²) < 4.78 is 11.1. The zero-order valence-corrected chi connectivity index (χ0v) is 19.2. The van der Waals surface area contributed by atoms with Crippen LogP contribution in [0.2, 0.25) is 0 Å². The van der Waals surface area contributed by atoms with E-state index in [1.54, 1.807) is 24.1 Å². The molecule has 1 N–H and O–H groups in total. The molecule has 0 unspecified atom stereocenters. The highest BCUT2D eigenvalue weighted by Crippen LogP contribution is 2.26. The molecule has 0 radical (unpaired) electrons. The van der Waals surface area contributed by atoms with E-state index in [4.69, 9.17) is 9.47 Å². The number of hydrogen-bond acceptors (Lipinski definition) is 4. The zero-order chi connectivity index (χ0) is 22.8. The summed E-state index contributed by atoms with van der Waals surface area (Å²) in [5.41, 5.74) is 2.08. The third-order valence-corrected chi connectivity index (χ3v) is 5.41. The summed E-state index contributed by atoms with van der Waals surface area (Å²) in [6.45, 7) is 8.06. The van der Waals surface area contributed by atoms with Gasteiger partial charge >= 0.3 is 0 Å². The van der Waals surface area contributed by atoms with Crippen LogP contribution in [0, 0.1) is 6.92 Å². The molecule has 6 heteroatoms. The van der Waals surface area contributed by atoms with Gasteiger partial charge in [0.1, 0.15) is 6.04 Å². The number of hydrogen-bond donors (Lipinski definition) is 1. The fraction of sp³-hybridized carbons (Fsp3) is 0.440. The lowest BCUT2D eigenvalue weighted by atomic mass is 10.1. The number of ether oxygens (including phenoxy) is 2. The van der Waals surface area contributed by atoms with E-state index in [0.29, 0.717) is 24.5 Å². The number of benzene rings is 2. The number of carbonyl (C=O) groups is 2. The van der Waals surface area contributed by atoms with E-state index in [1.807, 2.05) is 64.1 Å². The van der Waals surface area contributed by atoms with Gasteiger partial charge in [-0.1, -0.05) is 50.2 Å². The second-order valence-electron chi connectivity index (χ2n) is 7.63. The van der Waals surface area contributed by atoms with Crippen molar-refractivity contribution in [3.05, 3.63) is 59.7 Å². The summed E-state index contributed by atoms with van der Waals surface area (Å²) in [4.78, 5) is 27.9. The Labute approximate surface area is 185 Å². The van der Waals surface area contributed by atoms with Crippen molar-refractivity contribution in [3.8, 4) is 11.5 Å². The highest BCUT2D eigenvalue weighted by molar-refractivity contribution is 5.88. The van der Waals surface area contributed by atoms with Gasteiger partial charge in [-0.2, -0.15) is 0 Å². The van der Waals surface area contributed by atoms with Crippen molar-refractivity contribution in [1.82, 2.24) is 10.2 Å². The number of nitrogens with zero attached hydrogens (tertiary/aromatic N) is 1. The quantitative estimate of drug-likeness (QED) is 0.587. The first-order valence-corrected chi connectivity index (χ1v) is 10.8. The van der Waals surface area contributed by atoms with E-state index in [2.05, 4.69) is 5.32 Å². The van der Waals surface area contributed by atoms with E-state index >= 15 is 0 Å². The summed E-state index contributed by atoms with van der Waals surface area (Å²) in [6, 6.07) is 14.5. The van der Waals surface area contributed by atoms with Crippen LogP contribution in [0.15, 0.2) is 48.5 Å². The average molecular weight is 427 g/mol. The minimum atomic E-state index is -0.581. The molecule has 0 heterocycles. The molecule has 2 amide bonds. The average Bonchev–Trinajstić information content (AvgIpc) is 2.78. The van der Waals surface area contributed by atoms with Crippen LogP contribution in [-0.2, 0) is 16.1 Å². The minimum absolute atomic E-state index is 0.0433. The first-order chi connectivity index (χ1) is 14.9. The smallest absolute Gasteiger partial charge is 0.261 e. The normalized spacial score (nSPS) is 12.5. The number of carbonyl (C=O) groups excluding carboxylic acids is 2. The van der Waals surface area contributed by atoms with Crippen LogP contribution in [0.4, 0.5) is 0 Å². The number of methoxy groups -OCH3 is 1. The number of aryl methyl sites for hydroxylation is 1. The van der Waals surface area contributed by atoms with Crippen LogP contribution < -0.4 is 14.8 Å². The molecule has 0 aliphatic carbocycles. The van der Waals surface area contributed by atoms with Gasteiger partial charge < -0.3 is 19.7 Å². The Balaban J connectivity index is 2.25. The standard InChI is InChI=1S/C25H34N2O4/c1-6-19(4)26-25(29)21(7-2)27(16-20-13-9-8-12-18(20)3)24(28)17-31-23-15-11-10-14-22(23)30-5/h8-15,19,21H,6-7,16-17H2,1-5H3,(H,26,29)/t19-,21+/m1/s1. The van der Waals surface area contributed by atoms with Gasteiger partial charge in [-0.25, -0.2) is 0 Å². The van der Waals surface area contributed by atoms with Crippen LogP contribution in [0.1, 0.15) is 44.7 Å². The zero-order valence-electron chi connectivity index (χ0n) is 19.2. The molecule has 0 saturated heterocycles. The Morgan fingerprint density at radius 3 is 2.26 bits per heavy atom. The fourth-order valence-electron chi connectivity index (χ4n) is 3.29. The van der Waals surface area contributed by atoms with Crippen LogP contribution in [0.3, 0.4) is 0 Å². The molecule has 2 aromatic carbocycles. The molecule has 0 bridgehead atoms. The number of nitrogens with one attached hydrogen (secondary N) is 1. The summed E-state index contributed by atoms with van der Waals surface area (Å²) in [6.07, 6.45) is 1.33. The second-order valence-corrected chi connectivity index (χ2v) is 7.63. The van der Waals surface area contributed by atoms with Gasteiger partial charge in [-0.15, -0.1) is 0 Å². The predicted octanol–water partition coefficient (Wildman–Crippen LogP) is 4.10. The van der Waals surface area contributed by atoms with E-state index in [1.165, 1.54) is 0 Å². The van der Waals surface area contributed by atoms with Crippen LogP contribution in [0.5, 0.6) is 11.5 Å². The Morgan fingerprint density at radius 2 is 1.65 bits per heavy atom. The second kappa shape index (κ2) is 12.0. The van der Waals surface area contributed by atoms with Gasteiger partial charge in [-0.05, 0) is 49.9 Å². The van der Waals surface area contributed by atoms with E-state index < -0.39 is 6.04 Å². The van der Waals surface area contributed by atoms with Crippen LogP contribution in [0.25, 0.3) is 0 Å². The molecular formula is C25H34N2O4. The Bertz CT molecular complexity index is 868. The first kappa shape index (κ1) is 24.3. The molecule has 0 aliphatic rings. The molecule has 2 aromatic rings. The molecule has 2 atom stereocenters. The summed E-state index contributed by atoms with van der Waals surface area (Å²) >= 11 is 0. The number of amides is 2. The lowest BCUT2D eigenvalue weighted by Crippen LogP contribution is -2.51. The monoisotopic (exact) mass is 426 g/mol. The molecule has 0 aliphatic heterocycles. The SMILES string of the molecule is CC[C@@H](C)NC(=O)[C@H](CC)N(Cc1ccccc1C)C(=O)COc1ccccc1OC. The van der Waals surface area contributed by atoms with Crippen molar-refractivity contribution in [2.45, 2.75) is 59.2 Å². The molecule has 6 nitrogen and oxygen atoms in total. The number of rotatable bonds is 11. The van der Waals surface area contributed by atoms with Crippen LogP contribution >= 0.6 is 0 Å². The third kappa shape index (κ3) is 6.74. The molecule has 0 saturated carbocycles. The highest BCUT2D eigenvalue weighted by Gasteiger charge is 2.30. The van der Waals surface area contributed by atoms with Gasteiger partial charge in [0, 0.05) is 12.6 Å². The lowest BCUT2D eigenvalue weighted by Gasteiger charge is -2.31. The summed E-state index contributed by atoms with van der Waals surface area (Å²) in [7, 11) is 1.56.